The third kappa shape index (κ3) is 3.96. The van der Waals surface area contributed by atoms with Crippen molar-refractivity contribution in [2.45, 2.75) is 38.3 Å². The largest absolute Gasteiger partial charge is 0.463 e. The number of halogens is 1. The monoisotopic (exact) mass is 403 g/mol. The number of anilines is 1. The average molecular weight is 403 g/mol. The summed E-state index contributed by atoms with van der Waals surface area (Å²) in [5, 5.41) is 3.57. The predicted octanol–water partition coefficient (Wildman–Crippen LogP) is 3.81. The maximum atomic E-state index is 13.9. The van der Waals surface area contributed by atoms with E-state index < -0.39 is 17.7 Å². The molecule has 0 radical (unpaired) electrons. The Labute approximate surface area is 166 Å². The van der Waals surface area contributed by atoms with E-state index in [0.717, 1.165) is 12.2 Å². The summed E-state index contributed by atoms with van der Waals surface area (Å²) >= 11 is 1.45. The summed E-state index contributed by atoms with van der Waals surface area (Å²) in [5.41, 5.74) is 1.22. The molecule has 0 amide bonds. The molecule has 0 unspecified atom stereocenters. The smallest absolute Gasteiger partial charge is 0.336 e. The minimum atomic E-state index is -0.771. The quantitative estimate of drug-likeness (QED) is 0.434. The molecule has 0 spiro atoms. The van der Waals surface area contributed by atoms with Gasteiger partial charge in [-0.1, -0.05) is 30.8 Å². The van der Waals surface area contributed by atoms with Crippen LogP contribution in [0.2, 0.25) is 0 Å². The van der Waals surface area contributed by atoms with Gasteiger partial charge in [-0.15, -0.1) is 0 Å². The molecule has 1 aliphatic rings. The summed E-state index contributed by atoms with van der Waals surface area (Å²) in [7, 11) is 0. The molecule has 1 aromatic heterocycles. The normalized spacial score (nSPS) is 15.8. The molecule has 1 aliphatic heterocycles. The Morgan fingerprint density at radius 1 is 1.36 bits per heavy atom. The van der Waals surface area contributed by atoms with E-state index in [4.69, 9.17) is 4.74 Å². The van der Waals surface area contributed by atoms with Crippen LogP contribution in [-0.2, 0) is 9.53 Å². The predicted molar refractivity (Wildman–Crippen MR) is 107 cm³/mol. The highest BCUT2D eigenvalue weighted by atomic mass is 32.2. The zero-order valence-electron chi connectivity index (χ0n) is 16.0. The van der Waals surface area contributed by atoms with Crippen molar-refractivity contribution in [3.63, 3.8) is 0 Å². The fourth-order valence-corrected chi connectivity index (χ4v) is 3.92. The molecule has 2 N–H and O–H groups in total. The van der Waals surface area contributed by atoms with Crippen LogP contribution in [0.3, 0.4) is 0 Å². The van der Waals surface area contributed by atoms with Crippen molar-refractivity contribution in [1.82, 2.24) is 9.97 Å². The van der Waals surface area contributed by atoms with Gasteiger partial charge in [0.25, 0.3) is 5.56 Å². The highest BCUT2D eigenvalue weighted by Gasteiger charge is 2.36. The molecule has 2 heterocycles. The number of aromatic nitrogens is 2. The number of hydrogen-bond donors (Lipinski definition) is 2. The zero-order valence-corrected chi connectivity index (χ0v) is 16.8. The van der Waals surface area contributed by atoms with Gasteiger partial charge in [-0.05, 0) is 38.0 Å². The standard InChI is InChI=1S/C20H22FN3O3S/c1-4-9-28-20-23-17-16(18(25)24-20)15(12-7-6-8-13(21)10-12)14(11(3)22-17)19(26)27-5-2/h6-8,10,15H,4-5,9H2,1-3H3,(H2,22,23,24,25)/t15-/m1/s1. The van der Waals surface area contributed by atoms with E-state index >= 15 is 0 Å². The lowest BCUT2D eigenvalue weighted by Crippen LogP contribution is -2.31. The lowest BCUT2D eigenvalue weighted by Gasteiger charge is -2.28. The molecule has 3 rings (SSSR count). The highest BCUT2D eigenvalue weighted by molar-refractivity contribution is 7.99. The number of carbonyl (C=O) groups is 1. The molecule has 2 aromatic rings. The number of carbonyl (C=O) groups excluding carboxylic acids is 1. The fraction of sp³-hybridized carbons (Fsp3) is 0.350. The van der Waals surface area contributed by atoms with Crippen molar-refractivity contribution < 1.29 is 13.9 Å². The van der Waals surface area contributed by atoms with Gasteiger partial charge in [0.15, 0.2) is 5.16 Å². The SMILES string of the molecule is CCCSc1nc2c(c(=O)[nH]1)[C@H](c1cccc(F)c1)C(C(=O)OCC)=C(C)N2. The number of fused-ring (bicyclic) bond motifs is 1. The molecular formula is C20H22FN3O3S. The molecule has 0 fully saturated rings. The summed E-state index contributed by atoms with van der Waals surface area (Å²) in [6.45, 7) is 5.67. The number of rotatable bonds is 6. The first-order valence-electron chi connectivity index (χ1n) is 9.13. The molecule has 6 nitrogen and oxygen atoms in total. The zero-order chi connectivity index (χ0) is 20.3. The van der Waals surface area contributed by atoms with Crippen molar-refractivity contribution in [3.8, 4) is 0 Å². The minimum Gasteiger partial charge on any atom is -0.463 e. The topological polar surface area (TPSA) is 84.1 Å². The third-order valence-electron chi connectivity index (χ3n) is 4.34. The van der Waals surface area contributed by atoms with Crippen molar-refractivity contribution in [2.75, 3.05) is 17.7 Å². The van der Waals surface area contributed by atoms with Gasteiger partial charge < -0.3 is 15.0 Å². The lowest BCUT2D eigenvalue weighted by atomic mass is 9.82. The van der Waals surface area contributed by atoms with Gasteiger partial charge >= 0.3 is 5.97 Å². The highest BCUT2D eigenvalue weighted by Crippen LogP contribution is 2.40. The van der Waals surface area contributed by atoms with Crippen molar-refractivity contribution in [3.05, 3.63) is 62.8 Å². The second kappa shape index (κ2) is 8.60. The Bertz CT molecular complexity index is 987. The number of esters is 1. The number of benzene rings is 1. The number of ether oxygens (including phenoxy) is 1. The second-order valence-corrected chi connectivity index (χ2v) is 7.44. The minimum absolute atomic E-state index is 0.194. The van der Waals surface area contributed by atoms with E-state index in [1.54, 1.807) is 26.0 Å². The fourth-order valence-electron chi connectivity index (χ4n) is 3.20. The average Bonchev–Trinajstić information content (AvgIpc) is 2.65. The van der Waals surface area contributed by atoms with Gasteiger partial charge in [0, 0.05) is 11.4 Å². The summed E-state index contributed by atoms with van der Waals surface area (Å²) in [5.74, 6) is -0.568. The number of thioether (sulfide) groups is 1. The number of nitrogens with one attached hydrogen (secondary N) is 2. The molecule has 0 aliphatic carbocycles. The van der Waals surface area contributed by atoms with Crippen molar-refractivity contribution in [2.24, 2.45) is 0 Å². The Morgan fingerprint density at radius 3 is 2.82 bits per heavy atom. The first-order chi connectivity index (χ1) is 13.5. The number of aromatic amines is 1. The van der Waals surface area contributed by atoms with Crippen LogP contribution in [0.5, 0.6) is 0 Å². The van der Waals surface area contributed by atoms with E-state index in [9.17, 15) is 14.0 Å². The van der Waals surface area contributed by atoms with E-state index in [0.29, 0.717) is 22.2 Å². The van der Waals surface area contributed by atoms with Crippen LogP contribution in [-0.4, -0.2) is 28.3 Å². The Morgan fingerprint density at radius 2 is 2.14 bits per heavy atom. The molecule has 28 heavy (non-hydrogen) atoms. The van der Waals surface area contributed by atoms with Crippen molar-refractivity contribution in [1.29, 1.82) is 0 Å². The van der Waals surface area contributed by atoms with Gasteiger partial charge in [0.2, 0.25) is 0 Å². The molecule has 1 atom stereocenters. The third-order valence-corrected chi connectivity index (χ3v) is 5.42. The van der Waals surface area contributed by atoms with Crippen LogP contribution in [0, 0.1) is 5.82 Å². The molecule has 8 heteroatoms. The second-order valence-electron chi connectivity index (χ2n) is 6.35. The molecule has 0 saturated carbocycles. The number of H-pyrrole nitrogens is 1. The van der Waals surface area contributed by atoms with E-state index in [2.05, 4.69) is 15.3 Å². The van der Waals surface area contributed by atoms with E-state index in [-0.39, 0.29) is 23.3 Å². The first-order valence-corrected chi connectivity index (χ1v) is 10.1. The van der Waals surface area contributed by atoms with Gasteiger partial charge in [-0.2, -0.15) is 0 Å². The molecule has 1 aromatic carbocycles. The Balaban J connectivity index is 2.19. The Kier molecular flexibility index (Phi) is 6.18. The van der Waals surface area contributed by atoms with E-state index in [1.807, 2.05) is 6.92 Å². The van der Waals surface area contributed by atoms with Crippen LogP contribution in [0.25, 0.3) is 0 Å². The van der Waals surface area contributed by atoms with Crippen LogP contribution in [0.4, 0.5) is 10.2 Å². The number of hydrogen-bond acceptors (Lipinski definition) is 6. The molecule has 148 valence electrons. The van der Waals surface area contributed by atoms with E-state index in [1.165, 1.54) is 23.9 Å². The van der Waals surface area contributed by atoms with Crippen LogP contribution >= 0.6 is 11.8 Å². The lowest BCUT2D eigenvalue weighted by molar-refractivity contribution is -0.138. The maximum Gasteiger partial charge on any atom is 0.336 e. The number of nitrogens with zero attached hydrogens (tertiary/aromatic N) is 1. The summed E-state index contributed by atoms with van der Waals surface area (Å²) in [6.07, 6.45) is 0.941. The van der Waals surface area contributed by atoms with Gasteiger partial charge in [-0.3, -0.25) is 4.79 Å². The van der Waals surface area contributed by atoms with Crippen LogP contribution in [0.1, 0.15) is 44.2 Å². The summed E-state index contributed by atoms with van der Waals surface area (Å²) < 4.78 is 19.1. The van der Waals surface area contributed by atoms with Crippen LogP contribution < -0.4 is 10.9 Å². The van der Waals surface area contributed by atoms with Gasteiger partial charge in [0.1, 0.15) is 11.6 Å². The summed E-state index contributed by atoms with van der Waals surface area (Å²) in [4.78, 5) is 32.9. The number of allylic oxidation sites excluding steroid dienone is 1. The van der Waals surface area contributed by atoms with Crippen LogP contribution in [0.15, 0.2) is 45.5 Å². The molecule has 0 saturated heterocycles. The molecular weight excluding hydrogens is 381 g/mol. The Hall–Kier alpha value is -2.61. The van der Waals surface area contributed by atoms with Gasteiger partial charge in [-0.25, -0.2) is 14.2 Å². The molecule has 0 bridgehead atoms. The summed E-state index contributed by atoms with van der Waals surface area (Å²) in [6, 6.07) is 5.89. The van der Waals surface area contributed by atoms with Crippen molar-refractivity contribution >= 4 is 23.5 Å². The first kappa shape index (κ1) is 20.1. The van der Waals surface area contributed by atoms with Gasteiger partial charge in [0.05, 0.1) is 23.7 Å². The maximum absolute atomic E-state index is 13.9.